The highest BCUT2D eigenvalue weighted by Gasteiger charge is 2.26. The van der Waals surface area contributed by atoms with Crippen molar-refractivity contribution < 1.29 is 9.18 Å². The fourth-order valence-electron chi connectivity index (χ4n) is 4.01. The third-order valence-corrected chi connectivity index (χ3v) is 5.82. The Morgan fingerprint density at radius 1 is 1.03 bits per heavy atom. The summed E-state index contributed by atoms with van der Waals surface area (Å²) in [6, 6.07) is 15.9. The largest absolute Gasteiger partial charge is 0.322 e. The Kier molecular flexibility index (Phi) is 6.71. The van der Waals surface area contributed by atoms with Crippen LogP contribution in [0.25, 0.3) is 5.83 Å². The average Bonchev–Trinajstić information content (AvgIpc) is 2.73. The van der Waals surface area contributed by atoms with Crippen LogP contribution >= 0.6 is 0 Å². The molecule has 30 heavy (non-hydrogen) atoms. The molecule has 2 nitrogen and oxygen atoms in total. The molecule has 1 amide bonds. The minimum Gasteiger partial charge on any atom is -0.322 e. The van der Waals surface area contributed by atoms with E-state index < -0.39 is 0 Å². The van der Waals surface area contributed by atoms with Crippen molar-refractivity contribution in [3.05, 3.63) is 94.6 Å². The predicted octanol–water partition coefficient (Wildman–Crippen LogP) is 7.72. The zero-order chi connectivity index (χ0) is 21.7. The fraction of sp³-hybridized carbons (Fsp3) is 0.296. The molecule has 1 N–H and O–H groups in total. The Bertz CT molecular complexity index is 995. The first kappa shape index (κ1) is 21.8. The van der Waals surface area contributed by atoms with E-state index in [1.807, 2.05) is 36.4 Å². The number of rotatable bonds is 5. The quantitative estimate of drug-likeness (QED) is 0.509. The number of hydrogen-bond donors (Lipinski definition) is 1. The van der Waals surface area contributed by atoms with Crippen LogP contribution in [-0.2, 0) is 0 Å². The van der Waals surface area contributed by atoms with E-state index in [9.17, 15) is 9.18 Å². The lowest BCUT2D eigenvalue weighted by Gasteiger charge is -2.32. The number of amides is 1. The summed E-state index contributed by atoms with van der Waals surface area (Å²) in [6.45, 7) is 8.47. The molecule has 0 radical (unpaired) electrons. The maximum atomic E-state index is 15.0. The van der Waals surface area contributed by atoms with Gasteiger partial charge in [0.25, 0.3) is 5.91 Å². The van der Waals surface area contributed by atoms with Gasteiger partial charge in [-0.15, -0.1) is 0 Å². The van der Waals surface area contributed by atoms with Crippen LogP contribution in [0.3, 0.4) is 0 Å². The Morgan fingerprint density at radius 3 is 2.30 bits per heavy atom. The van der Waals surface area contributed by atoms with Crippen molar-refractivity contribution in [3.63, 3.8) is 0 Å². The van der Waals surface area contributed by atoms with Crippen molar-refractivity contribution >= 4 is 17.4 Å². The lowest BCUT2D eigenvalue weighted by atomic mass is 9.72. The number of hydrogen-bond acceptors (Lipinski definition) is 1. The summed E-state index contributed by atoms with van der Waals surface area (Å²) in [6.07, 6.45) is 7.43. The third-order valence-electron chi connectivity index (χ3n) is 5.82. The first-order valence-corrected chi connectivity index (χ1v) is 10.5. The Morgan fingerprint density at radius 2 is 1.67 bits per heavy atom. The zero-order valence-corrected chi connectivity index (χ0v) is 18.3. The van der Waals surface area contributed by atoms with Crippen molar-refractivity contribution in [1.82, 2.24) is 0 Å². The van der Waals surface area contributed by atoms with E-state index in [2.05, 4.69) is 32.2 Å². The summed E-state index contributed by atoms with van der Waals surface area (Å²) in [4.78, 5) is 12.4. The number of para-hydroxylation sites is 1. The fourth-order valence-corrected chi connectivity index (χ4v) is 4.01. The second-order valence-corrected chi connectivity index (χ2v) is 8.66. The lowest BCUT2D eigenvalue weighted by molar-refractivity contribution is 0.102. The number of nitrogens with one attached hydrogen (secondary N) is 1. The summed E-state index contributed by atoms with van der Waals surface area (Å²) >= 11 is 0. The highest BCUT2D eigenvalue weighted by atomic mass is 19.1. The molecule has 0 saturated carbocycles. The zero-order valence-electron chi connectivity index (χ0n) is 18.3. The molecule has 0 atom stereocenters. The monoisotopic (exact) mass is 403 g/mol. The van der Waals surface area contributed by atoms with Crippen LogP contribution < -0.4 is 5.32 Å². The summed E-state index contributed by atoms with van der Waals surface area (Å²) in [5.41, 5.74) is 5.12. The molecule has 3 heteroatoms. The van der Waals surface area contributed by atoms with E-state index in [0.717, 1.165) is 18.5 Å². The van der Waals surface area contributed by atoms with Crippen molar-refractivity contribution in [2.24, 2.45) is 5.41 Å². The van der Waals surface area contributed by atoms with Crippen molar-refractivity contribution in [1.29, 1.82) is 0 Å². The van der Waals surface area contributed by atoms with Gasteiger partial charge in [0.1, 0.15) is 5.83 Å². The molecule has 0 unspecified atom stereocenters. The number of anilines is 1. The SMILES string of the molecule is CC(C=CC1=C(C)CCCC1(C)C)=C(F)c1ccc(C(=O)Nc2ccccc2)cc1. The van der Waals surface area contributed by atoms with Gasteiger partial charge >= 0.3 is 0 Å². The average molecular weight is 404 g/mol. The van der Waals surface area contributed by atoms with Crippen molar-refractivity contribution in [2.45, 2.75) is 47.0 Å². The molecular formula is C27H30FNO. The minimum absolute atomic E-state index is 0.128. The van der Waals surface area contributed by atoms with Crippen LogP contribution in [-0.4, -0.2) is 5.91 Å². The van der Waals surface area contributed by atoms with Crippen molar-refractivity contribution in [3.8, 4) is 0 Å². The topological polar surface area (TPSA) is 29.1 Å². The van der Waals surface area contributed by atoms with Crippen molar-refractivity contribution in [2.75, 3.05) is 5.32 Å². The predicted molar refractivity (Wildman–Crippen MR) is 124 cm³/mol. The highest BCUT2D eigenvalue weighted by Crippen LogP contribution is 2.41. The summed E-state index contributed by atoms with van der Waals surface area (Å²) in [5, 5.41) is 2.84. The molecule has 1 aliphatic rings. The number of carbonyl (C=O) groups is 1. The van der Waals surface area contributed by atoms with E-state index in [1.165, 1.54) is 17.6 Å². The van der Waals surface area contributed by atoms with Gasteiger partial charge in [0.2, 0.25) is 0 Å². The van der Waals surface area contributed by atoms with Crippen LogP contribution in [0.4, 0.5) is 10.1 Å². The summed E-state index contributed by atoms with van der Waals surface area (Å²) in [5.74, 6) is -0.483. The van der Waals surface area contributed by atoms with Gasteiger partial charge in [0.05, 0.1) is 0 Å². The Labute approximate surface area is 179 Å². The van der Waals surface area contributed by atoms with Gasteiger partial charge < -0.3 is 5.32 Å². The smallest absolute Gasteiger partial charge is 0.255 e. The number of benzene rings is 2. The molecule has 0 fully saturated rings. The molecule has 156 valence electrons. The van der Waals surface area contributed by atoms with Crippen LogP contribution in [0.15, 0.2) is 83.5 Å². The number of carbonyl (C=O) groups excluding carboxylic acids is 1. The summed E-state index contributed by atoms with van der Waals surface area (Å²) < 4.78 is 15.0. The normalized spacial score (nSPS) is 17.1. The van der Waals surface area contributed by atoms with E-state index >= 15 is 0 Å². The van der Waals surface area contributed by atoms with E-state index in [0.29, 0.717) is 16.7 Å². The van der Waals surface area contributed by atoms with Crippen LogP contribution in [0.2, 0.25) is 0 Å². The molecule has 0 bridgehead atoms. The number of halogens is 1. The Balaban J connectivity index is 1.75. The first-order chi connectivity index (χ1) is 14.3. The maximum Gasteiger partial charge on any atom is 0.255 e. The molecule has 3 rings (SSSR count). The van der Waals surface area contributed by atoms with Gasteiger partial charge in [0, 0.05) is 16.8 Å². The van der Waals surface area contributed by atoms with Crippen LogP contribution in [0.1, 0.15) is 62.9 Å². The Hall–Kier alpha value is -2.94. The van der Waals surface area contributed by atoms with Gasteiger partial charge in [0.15, 0.2) is 0 Å². The molecule has 0 aromatic heterocycles. The van der Waals surface area contributed by atoms with Crippen LogP contribution in [0.5, 0.6) is 0 Å². The minimum atomic E-state index is -0.270. The van der Waals surface area contributed by atoms with Gasteiger partial charge in [-0.1, -0.05) is 61.9 Å². The van der Waals surface area contributed by atoms with Gasteiger partial charge in [-0.3, -0.25) is 4.79 Å². The molecule has 0 aliphatic heterocycles. The molecule has 2 aromatic carbocycles. The van der Waals surface area contributed by atoms with Gasteiger partial charge in [-0.25, -0.2) is 4.39 Å². The van der Waals surface area contributed by atoms with E-state index in [4.69, 9.17) is 0 Å². The molecule has 2 aromatic rings. The standard InChI is InChI=1S/C27H30FNO/c1-19-9-8-18-27(3,4)24(19)17-12-20(2)25(28)21-13-15-22(16-14-21)26(30)29-23-10-6-5-7-11-23/h5-7,10-17H,8-9,18H2,1-4H3,(H,29,30). The van der Waals surface area contributed by atoms with E-state index in [-0.39, 0.29) is 17.1 Å². The molecule has 0 saturated heterocycles. The molecule has 0 spiro atoms. The maximum absolute atomic E-state index is 15.0. The molecular weight excluding hydrogens is 373 g/mol. The number of allylic oxidation sites excluding steroid dienone is 5. The molecule has 1 aliphatic carbocycles. The third kappa shape index (κ3) is 5.15. The molecule has 0 heterocycles. The lowest BCUT2D eigenvalue weighted by Crippen LogP contribution is -2.19. The summed E-state index contributed by atoms with van der Waals surface area (Å²) in [7, 11) is 0. The second-order valence-electron chi connectivity index (χ2n) is 8.66. The highest BCUT2D eigenvalue weighted by molar-refractivity contribution is 6.04. The van der Waals surface area contributed by atoms with Crippen LogP contribution in [0, 0.1) is 5.41 Å². The second kappa shape index (κ2) is 9.25. The van der Waals surface area contributed by atoms with E-state index in [1.54, 1.807) is 31.2 Å². The van der Waals surface area contributed by atoms with Gasteiger partial charge in [-0.2, -0.15) is 0 Å². The first-order valence-electron chi connectivity index (χ1n) is 10.5. The van der Waals surface area contributed by atoms with Gasteiger partial charge in [-0.05, 0) is 73.9 Å².